The van der Waals surface area contributed by atoms with Crippen LogP contribution in [-0.4, -0.2) is 23.6 Å². The molecule has 2 aromatic rings. The Morgan fingerprint density at radius 1 is 1.26 bits per heavy atom. The Bertz CT molecular complexity index is 947. The maximum Gasteiger partial charge on any atom is 0.341 e. The Hall–Kier alpha value is -1.65. The summed E-state index contributed by atoms with van der Waals surface area (Å²) >= 11 is 7.36. The summed E-state index contributed by atoms with van der Waals surface area (Å²) in [4.78, 5) is 23.0. The first-order valence-electron chi connectivity index (χ1n) is 7.32. The molecule has 138 valence electrons. The van der Waals surface area contributed by atoms with E-state index in [4.69, 9.17) is 9.84 Å². The van der Waals surface area contributed by atoms with E-state index < -0.39 is 18.5 Å². The number of ether oxygens (including phenoxy) is 1. The first-order valence-corrected chi connectivity index (χ1v) is 10.3. The minimum absolute atomic E-state index is 0.0548. The average Bonchev–Trinajstić information content (AvgIpc) is 2.58. The zero-order valence-corrected chi connectivity index (χ0v) is 19.4. The van der Waals surface area contributed by atoms with E-state index in [0.717, 1.165) is 4.47 Å². The largest absolute Gasteiger partial charge is 0.480 e. The number of anilines is 1. The third-order valence-corrected chi connectivity index (χ3v) is 5.21. The molecule has 0 spiro atoms. The molecule has 0 atom stereocenters. The quantitative estimate of drug-likeness (QED) is 0.269. The van der Waals surface area contributed by atoms with E-state index in [1.165, 1.54) is 6.08 Å². The minimum Gasteiger partial charge on any atom is -0.480 e. The van der Waals surface area contributed by atoms with Crippen LogP contribution in [0.3, 0.4) is 0 Å². The molecule has 0 saturated heterocycles. The van der Waals surface area contributed by atoms with E-state index in [-0.39, 0.29) is 5.57 Å². The van der Waals surface area contributed by atoms with Gasteiger partial charge in [0.05, 0.1) is 7.14 Å². The number of benzene rings is 2. The van der Waals surface area contributed by atoms with Gasteiger partial charge in [-0.25, -0.2) is 4.79 Å². The zero-order valence-electron chi connectivity index (χ0n) is 13.5. The molecule has 27 heavy (non-hydrogen) atoms. The lowest BCUT2D eigenvalue weighted by atomic mass is 10.1. The molecule has 9 heteroatoms. The van der Waals surface area contributed by atoms with Gasteiger partial charge in [0, 0.05) is 10.2 Å². The van der Waals surface area contributed by atoms with Crippen LogP contribution in [0.15, 0.2) is 46.4 Å². The van der Waals surface area contributed by atoms with E-state index in [2.05, 4.69) is 21.2 Å². The number of nitrogens with zero attached hydrogens (tertiary/aromatic N) is 1. The van der Waals surface area contributed by atoms with Crippen molar-refractivity contribution in [3.8, 4) is 11.8 Å². The Labute approximate surface area is 191 Å². The number of nitriles is 1. The number of carbonyl (C=O) groups excluding carboxylic acids is 1. The Kier molecular flexibility index (Phi) is 8.06. The molecule has 2 N–H and O–H groups in total. The summed E-state index contributed by atoms with van der Waals surface area (Å²) < 4.78 is 7.43. The van der Waals surface area contributed by atoms with Crippen molar-refractivity contribution < 1.29 is 19.4 Å². The number of rotatable bonds is 6. The predicted molar refractivity (Wildman–Crippen MR) is 121 cm³/mol. The molecule has 6 nitrogen and oxygen atoms in total. The number of halogens is 3. The number of aliphatic carboxylic acids is 1. The molecule has 0 fully saturated rings. The van der Waals surface area contributed by atoms with Crippen molar-refractivity contribution in [3.63, 3.8) is 0 Å². The van der Waals surface area contributed by atoms with Gasteiger partial charge < -0.3 is 15.2 Å². The second kappa shape index (κ2) is 10.0. The summed E-state index contributed by atoms with van der Waals surface area (Å²) in [5.74, 6) is -1.14. The fourth-order valence-corrected chi connectivity index (χ4v) is 4.54. The van der Waals surface area contributed by atoms with Crippen LogP contribution in [0.5, 0.6) is 5.75 Å². The number of carboxylic acids is 1. The van der Waals surface area contributed by atoms with Crippen molar-refractivity contribution in [1.82, 2.24) is 0 Å². The Morgan fingerprint density at radius 3 is 2.48 bits per heavy atom. The molecule has 0 saturated carbocycles. The van der Waals surface area contributed by atoms with Crippen molar-refractivity contribution >= 4 is 84.8 Å². The molecule has 0 aliphatic carbocycles. The first-order chi connectivity index (χ1) is 12.8. The van der Waals surface area contributed by atoms with E-state index in [1.54, 1.807) is 30.3 Å². The molecule has 0 aliphatic rings. The summed E-state index contributed by atoms with van der Waals surface area (Å²) in [6.07, 6.45) is 1.47. The maximum atomic E-state index is 12.4. The first kappa shape index (κ1) is 21.6. The molecule has 2 rings (SSSR count). The number of hydrogen-bond acceptors (Lipinski definition) is 4. The lowest BCUT2D eigenvalue weighted by molar-refractivity contribution is -0.139. The fourth-order valence-electron chi connectivity index (χ4n) is 2.01. The highest BCUT2D eigenvalue weighted by molar-refractivity contribution is 14.1. The average molecular weight is 653 g/mol. The number of carboxylic acid groups (broad SMARTS) is 1. The second-order valence-electron chi connectivity index (χ2n) is 5.13. The summed E-state index contributed by atoms with van der Waals surface area (Å²) in [5, 5.41) is 20.8. The van der Waals surface area contributed by atoms with E-state index in [1.807, 2.05) is 57.3 Å². The molecular weight excluding hydrogens is 642 g/mol. The molecule has 0 radical (unpaired) electrons. The van der Waals surface area contributed by atoms with Gasteiger partial charge in [0.2, 0.25) is 0 Å². The van der Waals surface area contributed by atoms with Crippen molar-refractivity contribution in [1.29, 1.82) is 5.26 Å². The van der Waals surface area contributed by atoms with Gasteiger partial charge >= 0.3 is 5.97 Å². The van der Waals surface area contributed by atoms with Crippen LogP contribution in [-0.2, 0) is 9.59 Å². The Morgan fingerprint density at radius 2 is 1.93 bits per heavy atom. The standard InChI is InChI=1S/C18H11BrI2N2O4/c19-12-2-1-3-13(7-12)23-18(26)11(8-22)4-10-5-14(20)17(15(21)6-10)27-9-16(24)25/h1-7H,9H2,(H,23,26)(H,24,25)/b11-4-. The lowest BCUT2D eigenvalue weighted by Gasteiger charge is -2.10. The second-order valence-corrected chi connectivity index (χ2v) is 8.37. The molecule has 1 amide bonds. The molecule has 0 aliphatic heterocycles. The lowest BCUT2D eigenvalue weighted by Crippen LogP contribution is -2.13. The van der Waals surface area contributed by atoms with Crippen molar-refractivity contribution in [2.24, 2.45) is 0 Å². The number of amides is 1. The molecule has 2 aromatic carbocycles. The molecule has 0 aromatic heterocycles. The summed E-state index contributed by atoms with van der Waals surface area (Å²) in [6.45, 7) is -0.445. The summed E-state index contributed by atoms with van der Waals surface area (Å²) in [5.41, 5.74) is 1.14. The van der Waals surface area contributed by atoms with Gasteiger partial charge in [0.15, 0.2) is 6.61 Å². The van der Waals surface area contributed by atoms with Gasteiger partial charge in [-0.2, -0.15) is 5.26 Å². The molecular formula is C18H11BrI2N2O4. The molecule has 0 bridgehead atoms. The van der Waals surface area contributed by atoms with Crippen LogP contribution in [0.25, 0.3) is 6.08 Å². The third-order valence-electron chi connectivity index (χ3n) is 3.12. The van der Waals surface area contributed by atoms with Crippen LogP contribution >= 0.6 is 61.1 Å². The monoisotopic (exact) mass is 652 g/mol. The van der Waals surface area contributed by atoms with E-state index in [0.29, 0.717) is 24.1 Å². The Balaban J connectivity index is 2.25. The van der Waals surface area contributed by atoms with Gasteiger partial charge in [-0.15, -0.1) is 0 Å². The number of hydrogen-bond donors (Lipinski definition) is 2. The van der Waals surface area contributed by atoms with E-state index >= 15 is 0 Å². The van der Waals surface area contributed by atoms with Gasteiger partial charge in [-0.3, -0.25) is 4.79 Å². The number of carbonyl (C=O) groups is 2. The summed E-state index contributed by atoms with van der Waals surface area (Å²) in [6, 6.07) is 12.4. The van der Waals surface area contributed by atoms with Crippen LogP contribution in [0, 0.1) is 18.5 Å². The molecule has 0 unspecified atom stereocenters. The summed E-state index contributed by atoms with van der Waals surface area (Å²) in [7, 11) is 0. The smallest absolute Gasteiger partial charge is 0.341 e. The SMILES string of the molecule is N#C/C(=C/c1cc(I)c(OCC(=O)O)c(I)c1)C(=O)Nc1cccc(Br)c1. The predicted octanol–water partition coefficient (Wildman–Crippen LogP) is 4.67. The highest BCUT2D eigenvalue weighted by Crippen LogP contribution is 2.30. The molecule has 0 heterocycles. The zero-order chi connectivity index (χ0) is 20.0. The van der Waals surface area contributed by atoms with Gasteiger partial charge in [0.25, 0.3) is 5.91 Å². The van der Waals surface area contributed by atoms with Gasteiger partial charge in [0.1, 0.15) is 17.4 Å². The van der Waals surface area contributed by atoms with Crippen molar-refractivity contribution in [2.75, 3.05) is 11.9 Å². The normalized spacial score (nSPS) is 10.8. The van der Waals surface area contributed by atoms with Gasteiger partial charge in [-0.05, 0) is 87.2 Å². The fraction of sp³-hybridized carbons (Fsp3) is 0.0556. The number of nitrogens with one attached hydrogen (secondary N) is 1. The van der Waals surface area contributed by atoms with Gasteiger partial charge in [-0.1, -0.05) is 22.0 Å². The maximum absolute atomic E-state index is 12.4. The van der Waals surface area contributed by atoms with Crippen LogP contribution in [0.1, 0.15) is 5.56 Å². The highest BCUT2D eigenvalue weighted by Gasteiger charge is 2.13. The van der Waals surface area contributed by atoms with Crippen LogP contribution in [0.4, 0.5) is 5.69 Å². The highest BCUT2D eigenvalue weighted by atomic mass is 127. The topological polar surface area (TPSA) is 99.4 Å². The van der Waals surface area contributed by atoms with Crippen LogP contribution < -0.4 is 10.1 Å². The van der Waals surface area contributed by atoms with Crippen molar-refractivity contribution in [3.05, 3.63) is 59.1 Å². The van der Waals surface area contributed by atoms with E-state index in [9.17, 15) is 14.9 Å². The van der Waals surface area contributed by atoms with Crippen LogP contribution in [0.2, 0.25) is 0 Å². The minimum atomic E-state index is -1.07. The third kappa shape index (κ3) is 6.47. The van der Waals surface area contributed by atoms with Crippen molar-refractivity contribution in [2.45, 2.75) is 0 Å².